The number of hydrogen-bond donors (Lipinski definition) is 2. The molecule has 2 rings (SSSR count). The van der Waals surface area contributed by atoms with Crippen molar-refractivity contribution >= 4 is 34.1 Å². The molecule has 0 saturated carbocycles. The summed E-state index contributed by atoms with van der Waals surface area (Å²) < 4.78 is 0. The minimum absolute atomic E-state index is 0.113. The van der Waals surface area contributed by atoms with Gasteiger partial charge in [0.1, 0.15) is 10.8 Å². The zero-order valence-electron chi connectivity index (χ0n) is 14.3. The summed E-state index contributed by atoms with van der Waals surface area (Å²) in [5.74, 6) is 0.759. The van der Waals surface area contributed by atoms with E-state index in [9.17, 15) is 4.79 Å². The Kier molecular flexibility index (Phi) is 7.64. The molecule has 7 nitrogen and oxygen atoms in total. The van der Waals surface area contributed by atoms with Gasteiger partial charge in [0.15, 0.2) is 0 Å². The third-order valence-electron chi connectivity index (χ3n) is 3.37. The third kappa shape index (κ3) is 5.86. The number of amides is 1. The van der Waals surface area contributed by atoms with Crippen LogP contribution in [-0.4, -0.2) is 36.5 Å². The predicted molar refractivity (Wildman–Crippen MR) is 97.5 cm³/mol. The average Bonchev–Trinajstić information content (AvgIpc) is 3.20. The van der Waals surface area contributed by atoms with Crippen molar-refractivity contribution in [2.24, 2.45) is 0 Å². The van der Waals surface area contributed by atoms with Gasteiger partial charge in [0.2, 0.25) is 16.2 Å². The zero-order valence-corrected chi connectivity index (χ0v) is 16.0. The van der Waals surface area contributed by atoms with Crippen molar-refractivity contribution in [1.82, 2.24) is 25.4 Å². The molecule has 0 saturated heterocycles. The van der Waals surface area contributed by atoms with Crippen LogP contribution in [0.2, 0.25) is 0 Å². The Labute approximate surface area is 150 Å². The molecule has 2 aromatic heterocycles. The second-order valence-corrected chi connectivity index (χ2v) is 7.89. The van der Waals surface area contributed by atoms with E-state index in [-0.39, 0.29) is 11.2 Å². The number of carbonyl (C=O) groups is 1. The zero-order chi connectivity index (χ0) is 17.4. The standard InChI is InChI=1S/C15H24N6OS2/c1-4-6-8-11-16-14(20-18-11)23-10(3)13(22)17-15-21-19-12(24-15)9-7-5-2/h10H,4-9H2,1-3H3,(H,16,18,20)(H,17,21,22). The number of aryl methyl sites for hydroxylation is 2. The first-order valence-electron chi connectivity index (χ1n) is 8.33. The van der Waals surface area contributed by atoms with Gasteiger partial charge in [0.05, 0.1) is 5.25 Å². The largest absolute Gasteiger partial charge is 0.300 e. The van der Waals surface area contributed by atoms with Crippen molar-refractivity contribution in [3.05, 3.63) is 10.8 Å². The van der Waals surface area contributed by atoms with Crippen molar-refractivity contribution in [3.8, 4) is 0 Å². The van der Waals surface area contributed by atoms with Crippen LogP contribution in [0.5, 0.6) is 0 Å². The maximum absolute atomic E-state index is 12.3. The van der Waals surface area contributed by atoms with Crippen LogP contribution < -0.4 is 5.32 Å². The molecule has 0 aromatic carbocycles. The van der Waals surface area contributed by atoms with Crippen molar-refractivity contribution in [2.75, 3.05) is 5.32 Å². The Bertz CT molecular complexity index is 641. The number of carbonyl (C=O) groups excluding carboxylic acids is 1. The maximum atomic E-state index is 12.3. The normalized spacial score (nSPS) is 12.3. The van der Waals surface area contributed by atoms with Crippen LogP contribution in [0.25, 0.3) is 0 Å². The van der Waals surface area contributed by atoms with Gasteiger partial charge in [0, 0.05) is 12.8 Å². The summed E-state index contributed by atoms with van der Waals surface area (Å²) in [5, 5.41) is 19.8. The number of hydrogen-bond acceptors (Lipinski definition) is 7. The molecule has 132 valence electrons. The number of aromatic nitrogens is 5. The number of thioether (sulfide) groups is 1. The average molecular weight is 369 g/mol. The molecule has 24 heavy (non-hydrogen) atoms. The molecule has 1 unspecified atom stereocenters. The molecule has 0 radical (unpaired) electrons. The Morgan fingerprint density at radius 2 is 2.00 bits per heavy atom. The molecular weight excluding hydrogens is 344 g/mol. The van der Waals surface area contributed by atoms with E-state index in [0.29, 0.717) is 10.3 Å². The van der Waals surface area contributed by atoms with E-state index in [4.69, 9.17) is 0 Å². The Morgan fingerprint density at radius 1 is 1.25 bits per heavy atom. The van der Waals surface area contributed by atoms with Crippen LogP contribution >= 0.6 is 23.1 Å². The summed E-state index contributed by atoms with van der Waals surface area (Å²) in [6, 6.07) is 0. The van der Waals surface area contributed by atoms with Gasteiger partial charge in [-0.15, -0.1) is 15.3 Å². The summed E-state index contributed by atoms with van der Waals surface area (Å²) in [7, 11) is 0. The molecule has 0 bridgehead atoms. The van der Waals surface area contributed by atoms with Crippen LogP contribution in [0, 0.1) is 0 Å². The number of aromatic amines is 1. The summed E-state index contributed by atoms with van der Waals surface area (Å²) in [4.78, 5) is 16.7. The molecule has 1 atom stereocenters. The van der Waals surface area contributed by atoms with E-state index in [2.05, 4.69) is 44.5 Å². The van der Waals surface area contributed by atoms with Gasteiger partial charge in [-0.25, -0.2) is 4.98 Å². The summed E-state index contributed by atoms with van der Waals surface area (Å²) in [6.07, 6.45) is 6.19. The molecule has 2 heterocycles. The van der Waals surface area contributed by atoms with E-state index in [1.54, 1.807) is 0 Å². The third-order valence-corrected chi connectivity index (χ3v) is 5.23. The first-order chi connectivity index (χ1) is 11.6. The number of rotatable bonds is 10. The highest BCUT2D eigenvalue weighted by molar-refractivity contribution is 8.00. The molecule has 0 aliphatic rings. The van der Waals surface area contributed by atoms with Crippen molar-refractivity contribution in [2.45, 2.75) is 69.7 Å². The number of H-pyrrole nitrogens is 1. The van der Waals surface area contributed by atoms with Crippen LogP contribution in [0.3, 0.4) is 0 Å². The van der Waals surface area contributed by atoms with E-state index < -0.39 is 0 Å². The quantitative estimate of drug-likeness (QED) is 0.623. The van der Waals surface area contributed by atoms with E-state index in [0.717, 1.165) is 49.4 Å². The Balaban J connectivity index is 1.83. The lowest BCUT2D eigenvalue weighted by Crippen LogP contribution is -2.22. The summed E-state index contributed by atoms with van der Waals surface area (Å²) in [6.45, 7) is 6.11. The molecule has 2 aromatic rings. The number of nitrogens with zero attached hydrogens (tertiary/aromatic N) is 4. The van der Waals surface area contributed by atoms with Crippen molar-refractivity contribution in [1.29, 1.82) is 0 Å². The number of unbranched alkanes of at least 4 members (excludes halogenated alkanes) is 2. The fraction of sp³-hybridized carbons (Fsp3) is 0.667. The fourth-order valence-corrected chi connectivity index (χ4v) is 3.47. The van der Waals surface area contributed by atoms with E-state index in [1.165, 1.54) is 23.1 Å². The van der Waals surface area contributed by atoms with Crippen molar-refractivity contribution < 1.29 is 4.79 Å². The summed E-state index contributed by atoms with van der Waals surface area (Å²) >= 11 is 2.77. The smallest absolute Gasteiger partial charge is 0.239 e. The molecule has 0 aliphatic heterocycles. The molecule has 0 spiro atoms. The van der Waals surface area contributed by atoms with Crippen molar-refractivity contribution in [3.63, 3.8) is 0 Å². The van der Waals surface area contributed by atoms with Gasteiger partial charge >= 0.3 is 0 Å². The Morgan fingerprint density at radius 3 is 2.75 bits per heavy atom. The monoisotopic (exact) mass is 368 g/mol. The molecule has 0 aliphatic carbocycles. The Hall–Kier alpha value is -1.48. The highest BCUT2D eigenvalue weighted by atomic mass is 32.2. The molecule has 0 fully saturated rings. The van der Waals surface area contributed by atoms with E-state index >= 15 is 0 Å². The molecule has 2 N–H and O–H groups in total. The minimum Gasteiger partial charge on any atom is -0.300 e. The first-order valence-corrected chi connectivity index (χ1v) is 10.0. The van der Waals surface area contributed by atoms with Gasteiger partial charge in [-0.1, -0.05) is 49.8 Å². The maximum Gasteiger partial charge on any atom is 0.239 e. The SMILES string of the molecule is CCCCc1nc(SC(C)C(=O)Nc2nnc(CCCC)s2)n[nH]1. The number of nitrogens with one attached hydrogen (secondary N) is 2. The van der Waals surface area contributed by atoms with E-state index in [1.807, 2.05) is 6.92 Å². The van der Waals surface area contributed by atoms with Crippen LogP contribution in [0.1, 0.15) is 57.3 Å². The second-order valence-electron chi connectivity index (χ2n) is 5.52. The topological polar surface area (TPSA) is 96.5 Å². The summed E-state index contributed by atoms with van der Waals surface area (Å²) in [5.41, 5.74) is 0. The first kappa shape index (κ1) is 18.9. The lowest BCUT2D eigenvalue weighted by molar-refractivity contribution is -0.115. The lowest BCUT2D eigenvalue weighted by atomic mass is 10.2. The minimum atomic E-state index is -0.303. The number of anilines is 1. The predicted octanol–water partition coefficient (Wildman–Crippen LogP) is 3.46. The highest BCUT2D eigenvalue weighted by Crippen LogP contribution is 2.22. The molecular formula is C15H24N6OS2. The van der Waals surface area contributed by atoms with Gasteiger partial charge in [-0.05, 0) is 19.8 Å². The highest BCUT2D eigenvalue weighted by Gasteiger charge is 2.18. The second kappa shape index (κ2) is 9.73. The van der Waals surface area contributed by atoms with Gasteiger partial charge < -0.3 is 0 Å². The van der Waals surface area contributed by atoms with Gasteiger partial charge in [-0.3, -0.25) is 15.2 Å². The fourth-order valence-electron chi connectivity index (χ4n) is 1.94. The molecule has 1 amide bonds. The van der Waals surface area contributed by atoms with Gasteiger partial charge in [0.25, 0.3) is 0 Å². The van der Waals surface area contributed by atoms with Crippen LogP contribution in [-0.2, 0) is 17.6 Å². The van der Waals surface area contributed by atoms with Gasteiger partial charge in [-0.2, -0.15) is 0 Å². The van der Waals surface area contributed by atoms with Crippen LogP contribution in [0.15, 0.2) is 5.16 Å². The molecule has 9 heteroatoms. The lowest BCUT2D eigenvalue weighted by Gasteiger charge is -2.07. The van der Waals surface area contributed by atoms with Crippen LogP contribution in [0.4, 0.5) is 5.13 Å².